The van der Waals surface area contributed by atoms with Crippen LogP contribution in [0.2, 0.25) is 10.0 Å². The molecule has 25 heavy (non-hydrogen) atoms. The highest BCUT2D eigenvalue weighted by molar-refractivity contribution is 6.35. The van der Waals surface area contributed by atoms with Crippen LogP contribution in [0.1, 0.15) is 31.0 Å². The second-order valence-electron chi connectivity index (χ2n) is 5.69. The summed E-state index contributed by atoms with van der Waals surface area (Å²) in [5.74, 6) is 0.284. The Balaban J connectivity index is 2.11. The van der Waals surface area contributed by atoms with E-state index in [-0.39, 0.29) is 11.9 Å². The molecule has 6 heteroatoms. The molecule has 0 bridgehead atoms. The van der Waals surface area contributed by atoms with Crippen molar-refractivity contribution in [1.82, 2.24) is 4.90 Å². The average molecular weight is 377 g/mol. The van der Waals surface area contributed by atoms with Gasteiger partial charge in [-0.3, -0.25) is 4.79 Å². The number of carbonyl (C=O) groups excluding carboxylic acids is 1. The van der Waals surface area contributed by atoms with E-state index in [2.05, 4.69) is 0 Å². The molecule has 0 aliphatic rings. The van der Waals surface area contributed by atoms with Gasteiger partial charge in [0.15, 0.2) is 6.10 Å². The molecule has 0 aromatic heterocycles. The summed E-state index contributed by atoms with van der Waals surface area (Å²) in [7, 11) is 1.70. The van der Waals surface area contributed by atoms with E-state index in [0.717, 1.165) is 5.56 Å². The number of hydrogen-bond acceptors (Lipinski definition) is 3. The van der Waals surface area contributed by atoms with Gasteiger partial charge in [-0.2, -0.15) is 5.26 Å². The quantitative estimate of drug-likeness (QED) is 0.748. The van der Waals surface area contributed by atoms with Gasteiger partial charge in [-0.15, -0.1) is 0 Å². The Morgan fingerprint density at radius 1 is 1.20 bits per heavy atom. The van der Waals surface area contributed by atoms with Crippen molar-refractivity contribution in [2.75, 3.05) is 7.05 Å². The fraction of sp³-hybridized carbons (Fsp3) is 0.263. The van der Waals surface area contributed by atoms with Gasteiger partial charge in [-0.25, -0.2) is 0 Å². The molecule has 4 nitrogen and oxygen atoms in total. The number of amides is 1. The van der Waals surface area contributed by atoms with Gasteiger partial charge >= 0.3 is 0 Å². The maximum atomic E-state index is 12.7. The van der Waals surface area contributed by atoms with Gasteiger partial charge in [0.2, 0.25) is 0 Å². The molecule has 0 radical (unpaired) electrons. The molecule has 2 aromatic rings. The highest BCUT2D eigenvalue weighted by Crippen LogP contribution is 2.29. The predicted molar refractivity (Wildman–Crippen MR) is 98.9 cm³/mol. The number of halogens is 2. The van der Waals surface area contributed by atoms with Gasteiger partial charge < -0.3 is 9.64 Å². The van der Waals surface area contributed by atoms with Crippen LogP contribution in [0.5, 0.6) is 5.75 Å². The normalized spacial score (nSPS) is 12.8. The minimum absolute atomic E-state index is 0.194. The second-order valence-corrected chi connectivity index (χ2v) is 6.53. The van der Waals surface area contributed by atoms with E-state index in [9.17, 15) is 4.79 Å². The van der Waals surface area contributed by atoms with E-state index in [1.165, 1.54) is 0 Å². The van der Waals surface area contributed by atoms with Crippen molar-refractivity contribution in [1.29, 1.82) is 5.26 Å². The summed E-state index contributed by atoms with van der Waals surface area (Å²) in [5, 5.41) is 9.99. The largest absolute Gasteiger partial charge is 0.481 e. The van der Waals surface area contributed by atoms with Crippen molar-refractivity contribution < 1.29 is 9.53 Å². The van der Waals surface area contributed by atoms with E-state index in [1.807, 2.05) is 13.0 Å². The summed E-state index contributed by atoms with van der Waals surface area (Å²) in [6, 6.07) is 13.7. The molecule has 2 atom stereocenters. The molecule has 0 spiro atoms. The van der Waals surface area contributed by atoms with Crippen LogP contribution in [0.15, 0.2) is 42.5 Å². The summed E-state index contributed by atoms with van der Waals surface area (Å²) in [6.45, 7) is 3.56. The van der Waals surface area contributed by atoms with Gasteiger partial charge in [-0.1, -0.05) is 35.3 Å². The van der Waals surface area contributed by atoms with Crippen LogP contribution in [0.3, 0.4) is 0 Å². The van der Waals surface area contributed by atoms with E-state index in [0.29, 0.717) is 21.4 Å². The fourth-order valence-corrected chi connectivity index (χ4v) is 2.99. The zero-order chi connectivity index (χ0) is 18.6. The molecular formula is C19H18Cl2N2O2. The third-order valence-electron chi connectivity index (χ3n) is 3.96. The molecule has 0 N–H and O–H groups in total. The van der Waals surface area contributed by atoms with Gasteiger partial charge in [0.1, 0.15) is 5.75 Å². The van der Waals surface area contributed by atoms with Gasteiger partial charge in [0.25, 0.3) is 5.91 Å². The van der Waals surface area contributed by atoms with E-state index in [4.69, 9.17) is 33.2 Å². The minimum Gasteiger partial charge on any atom is -0.481 e. The first kappa shape index (κ1) is 19.1. The number of nitrogens with zero attached hydrogens (tertiary/aromatic N) is 2. The molecule has 0 aliphatic carbocycles. The highest BCUT2D eigenvalue weighted by Gasteiger charge is 2.25. The van der Waals surface area contributed by atoms with Crippen LogP contribution in [-0.4, -0.2) is 24.0 Å². The number of rotatable bonds is 5. The molecule has 0 saturated heterocycles. The summed E-state index contributed by atoms with van der Waals surface area (Å²) < 4.78 is 5.68. The Morgan fingerprint density at radius 2 is 1.92 bits per heavy atom. The zero-order valence-corrected chi connectivity index (χ0v) is 15.7. The van der Waals surface area contributed by atoms with E-state index < -0.39 is 6.10 Å². The lowest BCUT2D eigenvalue weighted by molar-refractivity contribution is -0.138. The Kier molecular flexibility index (Phi) is 6.30. The van der Waals surface area contributed by atoms with Crippen LogP contribution in [0, 0.1) is 11.3 Å². The number of likely N-dealkylation sites (N-methyl/N-ethyl adjacent to an activating group) is 1. The lowest BCUT2D eigenvalue weighted by Crippen LogP contribution is -2.39. The van der Waals surface area contributed by atoms with Gasteiger partial charge in [0, 0.05) is 17.1 Å². The van der Waals surface area contributed by atoms with E-state index in [1.54, 1.807) is 61.3 Å². The predicted octanol–water partition coefficient (Wildman–Crippen LogP) is 4.85. The number of hydrogen-bond donors (Lipinski definition) is 0. The maximum absolute atomic E-state index is 12.7. The number of nitriles is 1. The first-order valence-electron chi connectivity index (χ1n) is 7.72. The molecule has 2 aromatic carbocycles. The standard InChI is InChI=1S/C19H18Cl2N2O2/c1-12(17-8-7-15(20)10-18(17)21)23(3)19(24)13(2)25-16-6-4-5-14(9-16)11-22/h4-10,12-13H,1-3H3. The van der Waals surface area contributed by atoms with Crippen LogP contribution < -0.4 is 4.74 Å². The SMILES string of the molecule is CC(Oc1cccc(C#N)c1)C(=O)N(C)C(C)c1ccc(Cl)cc1Cl. The van der Waals surface area contributed by atoms with Crippen LogP contribution in [-0.2, 0) is 4.79 Å². The van der Waals surface area contributed by atoms with E-state index >= 15 is 0 Å². The molecule has 130 valence electrons. The molecule has 0 aliphatic heterocycles. The second kappa shape index (κ2) is 8.24. The summed E-state index contributed by atoms with van der Waals surface area (Å²) >= 11 is 12.2. The molecule has 2 unspecified atom stereocenters. The third kappa shape index (κ3) is 4.66. The van der Waals surface area contributed by atoms with Crippen molar-refractivity contribution >= 4 is 29.1 Å². The number of ether oxygens (including phenoxy) is 1. The first-order chi connectivity index (χ1) is 11.8. The number of carbonyl (C=O) groups is 1. The summed E-state index contributed by atoms with van der Waals surface area (Å²) in [6.07, 6.45) is -0.701. The Labute approximate surface area is 157 Å². The Bertz CT molecular complexity index is 817. The Morgan fingerprint density at radius 3 is 2.56 bits per heavy atom. The smallest absolute Gasteiger partial charge is 0.263 e. The summed E-state index contributed by atoms with van der Waals surface area (Å²) in [4.78, 5) is 14.2. The topological polar surface area (TPSA) is 53.3 Å². The van der Waals surface area contributed by atoms with Gasteiger partial charge in [0.05, 0.1) is 17.7 Å². The van der Waals surface area contributed by atoms with Crippen molar-refractivity contribution in [2.24, 2.45) is 0 Å². The monoisotopic (exact) mass is 376 g/mol. The molecule has 1 amide bonds. The van der Waals surface area contributed by atoms with Crippen molar-refractivity contribution in [2.45, 2.75) is 26.0 Å². The zero-order valence-electron chi connectivity index (χ0n) is 14.2. The molecule has 0 heterocycles. The summed E-state index contributed by atoms with van der Waals surface area (Å²) in [5.41, 5.74) is 1.28. The molecule has 0 fully saturated rings. The van der Waals surface area contributed by atoms with Gasteiger partial charge in [-0.05, 0) is 49.7 Å². The highest BCUT2D eigenvalue weighted by atomic mass is 35.5. The minimum atomic E-state index is -0.701. The van der Waals surface area contributed by atoms with Crippen LogP contribution in [0.25, 0.3) is 0 Å². The lowest BCUT2D eigenvalue weighted by atomic mass is 10.1. The lowest BCUT2D eigenvalue weighted by Gasteiger charge is -2.28. The Hall–Kier alpha value is -2.22. The molecular weight excluding hydrogens is 359 g/mol. The average Bonchev–Trinajstić information content (AvgIpc) is 2.60. The number of benzene rings is 2. The molecule has 0 saturated carbocycles. The van der Waals surface area contributed by atoms with Crippen molar-refractivity contribution in [3.05, 3.63) is 63.6 Å². The first-order valence-corrected chi connectivity index (χ1v) is 8.47. The van der Waals surface area contributed by atoms with Crippen molar-refractivity contribution in [3.8, 4) is 11.8 Å². The van der Waals surface area contributed by atoms with Crippen molar-refractivity contribution in [3.63, 3.8) is 0 Å². The van der Waals surface area contributed by atoms with Crippen LogP contribution in [0.4, 0.5) is 0 Å². The molecule has 2 rings (SSSR count). The maximum Gasteiger partial charge on any atom is 0.263 e. The van der Waals surface area contributed by atoms with Crippen LogP contribution >= 0.6 is 23.2 Å². The third-order valence-corrected chi connectivity index (χ3v) is 4.53. The fourth-order valence-electron chi connectivity index (χ4n) is 2.42.